The Morgan fingerprint density at radius 3 is 2.50 bits per heavy atom. The van der Waals surface area contributed by atoms with Gasteiger partial charge in [-0.1, -0.05) is 5.21 Å². The summed E-state index contributed by atoms with van der Waals surface area (Å²) in [6.07, 6.45) is -2.74. The first-order valence-corrected chi connectivity index (χ1v) is 7.06. The molecule has 9 heteroatoms. The van der Waals surface area contributed by atoms with E-state index in [4.69, 9.17) is 0 Å². The zero-order valence-corrected chi connectivity index (χ0v) is 12.1. The fourth-order valence-electron chi connectivity index (χ4n) is 1.84. The van der Waals surface area contributed by atoms with Crippen molar-refractivity contribution in [2.24, 2.45) is 7.05 Å². The molecule has 0 aliphatic carbocycles. The van der Waals surface area contributed by atoms with Gasteiger partial charge in [-0.2, -0.15) is 13.2 Å². The van der Waals surface area contributed by atoms with Crippen molar-refractivity contribution in [1.82, 2.24) is 20.0 Å². The van der Waals surface area contributed by atoms with Crippen LogP contribution in [0.4, 0.5) is 24.0 Å². The number of hydrogen-bond donors (Lipinski definition) is 1. The van der Waals surface area contributed by atoms with Gasteiger partial charge in [-0.05, 0) is 24.3 Å². The lowest BCUT2D eigenvalue weighted by molar-refractivity contribution is -0.137. The van der Waals surface area contributed by atoms with E-state index in [0.717, 1.165) is 17.8 Å². The number of nitrogens with zero attached hydrogens (tertiary/aromatic N) is 4. The van der Waals surface area contributed by atoms with Crippen molar-refractivity contribution in [2.45, 2.75) is 6.18 Å². The number of benzene rings is 1. The van der Waals surface area contributed by atoms with Crippen molar-refractivity contribution in [3.8, 4) is 11.4 Å². The molecule has 0 unspecified atom stereocenters. The van der Waals surface area contributed by atoms with Gasteiger partial charge in [0.2, 0.25) is 0 Å². The highest BCUT2D eigenvalue weighted by atomic mass is 32.1. The molecule has 1 N–H and O–H groups in total. The first-order valence-electron chi connectivity index (χ1n) is 6.18. The molecule has 3 rings (SSSR count). The summed E-state index contributed by atoms with van der Waals surface area (Å²) >= 11 is 1.35. The minimum absolute atomic E-state index is 0.539. The summed E-state index contributed by atoms with van der Waals surface area (Å²) in [4.78, 5) is 4.36. The summed E-state index contributed by atoms with van der Waals surface area (Å²) in [6, 6.07) is 4.80. The monoisotopic (exact) mass is 325 g/mol. The molecule has 0 bridgehead atoms. The molecule has 0 fully saturated rings. The van der Waals surface area contributed by atoms with Gasteiger partial charge in [-0.3, -0.25) is 0 Å². The van der Waals surface area contributed by atoms with Crippen molar-refractivity contribution in [3.63, 3.8) is 0 Å². The third kappa shape index (κ3) is 2.93. The third-order valence-electron chi connectivity index (χ3n) is 2.94. The second kappa shape index (κ2) is 5.41. The van der Waals surface area contributed by atoms with Gasteiger partial charge < -0.3 is 5.32 Å². The molecule has 0 radical (unpaired) electrons. The van der Waals surface area contributed by atoms with Crippen LogP contribution in [0, 0.1) is 0 Å². The Labute approximate surface area is 127 Å². The molecule has 2 heterocycles. The van der Waals surface area contributed by atoms with E-state index in [-0.39, 0.29) is 0 Å². The number of rotatable bonds is 3. The van der Waals surface area contributed by atoms with Crippen molar-refractivity contribution >= 4 is 22.2 Å². The summed E-state index contributed by atoms with van der Waals surface area (Å²) < 4.78 is 39.1. The van der Waals surface area contributed by atoms with Crippen LogP contribution >= 0.6 is 11.3 Å². The normalized spacial score (nSPS) is 11.6. The largest absolute Gasteiger partial charge is 0.416 e. The number of alkyl halides is 3. The van der Waals surface area contributed by atoms with E-state index in [0.29, 0.717) is 16.5 Å². The Bertz CT molecular complexity index is 776. The van der Waals surface area contributed by atoms with E-state index >= 15 is 0 Å². The van der Waals surface area contributed by atoms with Crippen molar-refractivity contribution < 1.29 is 13.2 Å². The predicted octanol–water partition coefficient (Wildman–Crippen LogP) is 3.70. The van der Waals surface area contributed by atoms with Gasteiger partial charge in [0.05, 0.1) is 11.8 Å². The second-order valence-corrected chi connectivity index (χ2v) is 5.34. The van der Waals surface area contributed by atoms with E-state index in [9.17, 15) is 13.2 Å². The van der Waals surface area contributed by atoms with Crippen molar-refractivity contribution in [1.29, 1.82) is 0 Å². The minimum Gasteiger partial charge on any atom is -0.332 e. The fourth-order valence-corrected chi connectivity index (χ4v) is 2.56. The maximum atomic E-state index is 12.5. The average molecular weight is 325 g/mol. The summed E-state index contributed by atoms with van der Waals surface area (Å²) in [7, 11) is 1.75. The number of hydrogen-bond acceptors (Lipinski definition) is 5. The SMILES string of the molecule is Cn1nncc1-c1csc(Nc2ccc(C(F)(F)F)cc2)n1. The summed E-state index contributed by atoms with van der Waals surface area (Å²) in [6.45, 7) is 0. The predicted molar refractivity (Wildman–Crippen MR) is 76.8 cm³/mol. The lowest BCUT2D eigenvalue weighted by Crippen LogP contribution is -2.04. The van der Waals surface area contributed by atoms with Gasteiger partial charge in [-0.15, -0.1) is 16.4 Å². The molecule has 22 heavy (non-hydrogen) atoms. The van der Waals surface area contributed by atoms with Crippen LogP contribution in [0.3, 0.4) is 0 Å². The Morgan fingerprint density at radius 1 is 1.18 bits per heavy atom. The van der Waals surface area contributed by atoms with Crippen LogP contribution in [0.5, 0.6) is 0 Å². The molecule has 0 spiro atoms. The van der Waals surface area contributed by atoms with Crippen LogP contribution in [-0.4, -0.2) is 20.0 Å². The summed E-state index contributed by atoms with van der Waals surface area (Å²) in [5.41, 5.74) is 1.32. The van der Waals surface area contributed by atoms with Gasteiger partial charge in [0.1, 0.15) is 11.4 Å². The number of aryl methyl sites for hydroxylation is 1. The molecule has 0 atom stereocenters. The average Bonchev–Trinajstić information content (AvgIpc) is 3.07. The topological polar surface area (TPSA) is 55.6 Å². The van der Waals surface area contributed by atoms with Gasteiger partial charge in [0.25, 0.3) is 0 Å². The van der Waals surface area contributed by atoms with Gasteiger partial charge in [0, 0.05) is 18.1 Å². The second-order valence-electron chi connectivity index (χ2n) is 4.48. The summed E-state index contributed by atoms with van der Waals surface area (Å²) in [5, 5.41) is 13.0. The molecular formula is C13H10F3N5S. The highest BCUT2D eigenvalue weighted by Gasteiger charge is 2.29. The fraction of sp³-hybridized carbons (Fsp3) is 0.154. The smallest absolute Gasteiger partial charge is 0.332 e. The highest BCUT2D eigenvalue weighted by molar-refractivity contribution is 7.14. The third-order valence-corrected chi connectivity index (χ3v) is 3.70. The molecular weight excluding hydrogens is 315 g/mol. The van der Waals surface area contributed by atoms with Crippen molar-refractivity contribution in [3.05, 3.63) is 41.4 Å². The van der Waals surface area contributed by atoms with E-state index in [1.165, 1.54) is 23.5 Å². The lowest BCUT2D eigenvalue weighted by Gasteiger charge is -2.07. The van der Waals surface area contributed by atoms with Crippen LogP contribution in [0.1, 0.15) is 5.56 Å². The number of thiazole rings is 1. The Balaban J connectivity index is 1.77. The number of anilines is 2. The molecule has 0 saturated carbocycles. The first kappa shape index (κ1) is 14.5. The van der Waals surface area contributed by atoms with Crippen LogP contribution in [0.25, 0.3) is 11.4 Å². The van der Waals surface area contributed by atoms with E-state index < -0.39 is 11.7 Å². The maximum absolute atomic E-state index is 12.5. The van der Waals surface area contributed by atoms with E-state index in [2.05, 4.69) is 20.6 Å². The first-order chi connectivity index (χ1) is 10.4. The molecule has 1 aromatic carbocycles. The van der Waals surface area contributed by atoms with Crippen LogP contribution in [0.15, 0.2) is 35.8 Å². The quantitative estimate of drug-likeness (QED) is 0.798. The number of halogens is 3. The minimum atomic E-state index is -4.33. The Kier molecular flexibility index (Phi) is 3.57. The van der Waals surface area contributed by atoms with E-state index in [1.54, 1.807) is 17.9 Å². The molecule has 0 aliphatic heterocycles. The molecule has 0 amide bonds. The summed E-state index contributed by atoms with van der Waals surface area (Å²) in [5.74, 6) is 0. The zero-order chi connectivity index (χ0) is 15.7. The molecule has 5 nitrogen and oxygen atoms in total. The molecule has 0 saturated heterocycles. The van der Waals surface area contributed by atoms with Gasteiger partial charge in [-0.25, -0.2) is 9.67 Å². The molecule has 114 valence electrons. The molecule has 0 aliphatic rings. The Hall–Kier alpha value is -2.42. The standard InChI is InChI=1S/C13H10F3N5S/c1-21-11(6-17-20-21)10-7-22-12(19-10)18-9-4-2-8(3-5-9)13(14,15)16/h2-7H,1H3,(H,18,19). The van der Waals surface area contributed by atoms with Crippen molar-refractivity contribution in [2.75, 3.05) is 5.32 Å². The van der Waals surface area contributed by atoms with Gasteiger partial charge >= 0.3 is 6.18 Å². The molecule has 2 aromatic heterocycles. The highest BCUT2D eigenvalue weighted by Crippen LogP contribution is 2.31. The van der Waals surface area contributed by atoms with Gasteiger partial charge in [0.15, 0.2) is 5.13 Å². The van der Waals surface area contributed by atoms with Crippen LogP contribution in [-0.2, 0) is 13.2 Å². The zero-order valence-electron chi connectivity index (χ0n) is 11.3. The van der Waals surface area contributed by atoms with Crippen LogP contribution in [0.2, 0.25) is 0 Å². The van der Waals surface area contributed by atoms with Crippen LogP contribution < -0.4 is 5.32 Å². The Morgan fingerprint density at radius 2 is 1.91 bits per heavy atom. The maximum Gasteiger partial charge on any atom is 0.416 e. The van der Waals surface area contributed by atoms with E-state index in [1.807, 2.05) is 5.38 Å². The number of aromatic nitrogens is 4. The molecule has 3 aromatic rings. The number of nitrogens with one attached hydrogen (secondary N) is 1. The lowest BCUT2D eigenvalue weighted by atomic mass is 10.2.